The average Bonchev–Trinajstić information content (AvgIpc) is 3.27. The first kappa shape index (κ1) is 27.2. The Kier molecular flexibility index (Phi) is 6.71. The molecule has 7 rings (SSSR count). The van der Waals surface area contributed by atoms with Crippen molar-refractivity contribution in [3.63, 3.8) is 0 Å². The van der Waals surface area contributed by atoms with Crippen LogP contribution in [0.25, 0.3) is 10.8 Å². The Bertz CT molecular complexity index is 2000. The van der Waals surface area contributed by atoms with E-state index < -0.39 is 14.9 Å². The highest BCUT2D eigenvalue weighted by Gasteiger charge is 2.47. The van der Waals surface area contributed by atoms with E-state index in [0.29, 0.717) is 21.6 Å². The lowest BCUT2D eigenvalue weighted by Gasteiger charge is -2.36. The molecule has 0 spiro atoms. The summed E-state index contributed by atoms with van der Waals surface area (Å²) >= 11 is 0. The Balaban J connectivity index is 1.07. The number of para-hydroxylation sites is 1. The lowest BCUT2D eigenvalue weighted by Crippen LogP contribution is -2.46. The van der Waals surface area contributed by atoms with Crippen LogP contribution in [0, 0.1) is 5.21 Å². The zero-order chi connectivity index (χ0) is 29.7. The van der Waals surface area contributed by atoms with Gasteiger partial charge in [-0.15, -0.1) is 0 Å². The number of hydrogen-bond acceptors (Lipinski definition) is 7. The fourth-order valence-corrected chi connectivity index (χ4v) is 7.85. The van der Waals surface area contributed by atoms with E-state index >= 15 is 0 Å². The molecule has 0 unspecified atom stereocenters. The molecule has 9 heteroatoms. The Labute approximate surface area is 250 Å². The number of aliphatic imine (C=N–C) groups is 1. The van der Waals surface area contributed by atoms with Crippen molar-refractivity contribution >= 4 is 48.5 Å². The van der Waals surface area contributed by atoms with Gasteiger partial charge in [-0.3, -0.25) is 9.69 Å². The molecular weight excluding hydrogens is 560 g/mol. The van der Waals surface area contributed by atoms with Crippen molar-refractivity contribution in [1.82, 2.24) is 4.90 Å². The molecule has 216 valence electrons. The maximum atomic E-state index is 13.7. The van der Waals surface area contributed by atoms with E-state index in [2.05, 4.69) is 57.3 Å². The number of carbonyl (C=O) groups excluding carboxylic acids is 1. The van der Waals surface area contributed by atoms with E-state index in [-0.39, 0.29) is 28.5 Å². The van der Waals surface area contributed by atoms with Crippen LogP contribution >= 0.6 is 0 Å². The predicted molar refractivity (Wildman–Crippen MR) is 170 cm³/mol. The van der Waals surface area contributed by atoms with Crippen molar-refractivity contribution < 1.29 is 18.0 Å². The van der Waals surface area contributed by atoms with Crippen molar-refractivity contribution in [3.05, 3.63) is 124 Å². The number of ketones is 1. The fourth-order valence-electron chi connectivity index (χ4n) is 6.26. The number of hydrogen-bond donors (Lipinski definition) is 0. The molecule has 0 radical (unpaired) electrons. The van der Waals surface area contributed by atoms with Gasteiger partial charge in [0.15, 0.2) is 5.71 Å². The molecule has 0 aliphatic carbocycles. The summed E-state index contributed by atoms with van der Waals surface area (Å²) in [4.78, 5) is 22.3. The molecule has 3 heterocycles. The smallest absolute Gasteiger partial charge is 0.336 e. The second kappa shape index (κ2) is 10.6. The van der Waals surface area contributed by atoms with Crippen molar-refractivity contribution in [1.29, 1.82) is 0 Å². The number of anilines is 1. The minimum Gasteiger partial charge on any atom is -0.618 e. The highest BCUT2D eigenvalue weighted by atomic mass is 32.2. The van der Waals surface area contributed by atoms with Gasteiger partial charge in [-0.05, 0) is 46.2 Å². The quantitative estimate of drug-likeness (QED) is 0.233. The predicted octanol–water partition coefficient (Wildman–Crippen LogP) is 5.24. The molecule has 1 saturated heterocycles. The van der Waals surface area contributed by atoms with Crippen LogP contribution in [0.4, 0.5) is 11.4 Å². The molecule has 0 saturated carbocycles. The molecular formula is C34H30N4O4S. The summed E-state index contributed by atoms with van der Waals surface area (Å²) in [5.74, 6) is -0.753. The van der Waals surface area contributed by atoms with Crippen LogP contribution in [-0.2, 0) is 22.1 Å². The van der Waals surface area contributed by atoms with E-state index in [1.54, 1.807) is 30.3 Å². The van der Waals surface area contributed by atoms with E-state index in [0.717, 1.165) is 38.4 Å². The number of Topliss-reactive ketones (excluding diaryl/α,β-unsaturated/α-hetero) is 1. The third-order valence-corrected chi connectivity index (χ3v) is 10.1. The number of carbonyl (C=O) groups is 1. The Morgan fingerprint density at radius 1 is 0.884 bits per heavy atom. The second-order valence-electron chi connectivity index (χ2n) is 11.2. The lowest BCUT2D eigenvalue weighted by atomic mass is 9.95. The molecule has 1 fully saturated rings. The average molecular weight is 591 g/mol. The van der Waals surface area contributed by atoms with Crippen molar-refractivity contribution in [2.45, 2.75) is 19.2 Å². The molecule has 0 N–H and O–H groups in total. The van der Waals surface area contributed by atoms with Crippen molar-refractivity contribution in [2.24, 2.45) is 4.99 Å². The second-order valence-corrected chi connectivity index (χ2v) is 13.1. The monoisotopic (exact) mass is 590 g/mol. The Hall–Kier alpha value is -4.60. The van der Waals surface area contributed by atoms with Crippen LogP contribution in [0.15, 0.2) is 107 Å². The number of fused-ring (bicyclic) bond motifs is 3. The molecule has 4 aromatic rings. The third kappa shape index (κ3) is 4.84. The van der Waals surface area contributed by atoms with E-state index in [1.165, 1.54) is 23.3 Å². The zero-order valence-corrected chi connectivity index (χ0v) is 24.5. The van der Waals surface area contributed by atoms with Gasteiger partial charge in [0.05, 0.1) is 11.4 Å². The molecule has 0 amide bonds. The van der Waals surface area contributed by atoms with Gasteiger partial charge in [0, 0.05) is 50.9 Å². The van der Waals surface area contributed by atoms with Crippen molar-refractivity contribution in [2.75, 3.05) is 31.1 Å². The summed E-state index contributed by atoms with van der Waals surface area (Å²) in [5.41, 5.74) is 3.61. The van der Waals surface area contributed by atoms with Gasteiger partial charge in [-0.1, -0.05) is 66.7 Å². The number of nitrogens with zero attached hydrogens (tertiary/aromatic N) is 4. The van der Waals surface area contributed by atoms with Gasteiger partial charge in [-0.2, -0.15) is 4.74 Å². The van der Waals surface area contributed by atoms with Gasteiger partial charge in [-0.25, -0.2) is 13.4 Å². The first-order valence-corrected chi connectivity index (χ1v) is 16.0. The number of allylic oxidation sites excluding steroid dienone is 2. The maximum Gasteiger partial charge on any atom is 0.336 e. The lowest BCUT2D eigenvalue weighted by molar-refractivity contribution is -0.394. The zero-order valence-electron chi connectivity index (χ0n) is 23.7. The van der Waals surface area contributed by atoms with Crippen LogP contribution < -0.4 is 4.90 Å². The summed E-state index contributed by atoms with van der Waals surface area (Å²) in [7, 11) is -4.12. The number of piperazine rings is 1. The van der Waals surface area contributed by atoms with Crippen LogP contribution in [0.2, 0.25) is 0 Å². The first-order valence-electron chi connectivity index (χ1n) is 14.3. The van der Waals surface area contributed by atoms with E-state index in [1.807, 2.05) is 18.2 Å². The summed E-state index contributed by atoms with van der Waals surface area (Å²) < 4.78 is 27.8. The molecule has 0 aromatic heterocycles. The minimum absolute atomic E-state index is 0.0481. The van der Waals surface area contributed by atoms with Crippen molar-refractivity contribution in [3.8, 4) is 0 Å². The first-order chi connectivity index (χ1) is 20.8. The van der Waals surface area contributed by atoms with Gasteiger partial charge in [0.25, 0.3) is 0 Å². The largest absolute Gasteiger partial charge is 0.618 e. The summed E-state index contributed by atoms with van der Waals surface area (Å²) in [5, 5.41) is 15.2. The molecule has 4 aromatic carbocycles. The molecule has 8 nitrogen and oxygen atoms in total. The molecule has 0 atom stereocenters. The Morgan fingerprint density at radius 3 is 2.44 bits per heavy atom. The van der Waals surface area contributed by atoms with E-state index in [9.17, 15) is 18.4 Å². The molecule has 0 bridgehead atoms. The molecule has 43 heavy (non-hydrogen) atoms. The topological polar surface area (TPSA) is 96.1 Å². The van der Waals surface area contributed by atoms with E-state index in [4.69, 9.17) is 0 Å². The maximum absolute atomic E-state index is 13.7. The number of rotatable bonds is 5. The standard InChI is InChI=1S/C34H30N4O4S/c1-23-31-32(35-30-15-5-4-14-29(30)33(31)39)34(38(23)40)43(41,42)22-24-8-6-12-27(20-24)37-18-16-36(17-19-37)21-26-11-7-10-25-9-2-3-13-28(25)26/h2-15,20H,16-19,21-22H2,1H3. The summed E-state index contributed by atoms with van der Waals surface area (Å²) in [6.45, 7) is 5.75. The summed E-state index contributed by atoms with van der Waals surface area (Å²) in [6.07, 6.45) is 0. The third-order valence-electron chi connectivity index (χ3n) is 8.47. The minimum atomic E-state index is -4.12. The molecule has 3 aliphatic heterocycles. The van der Waals surface area contributed by atoms with Gasteiger partial charge in [0.2, 0.25) is 21.3 Å². The van der Waals surface area contributed by atoms with Gasteiger partial charge in [0.1, 0.15) is 5.57 Å². The van der Waals surface area contributed by atoms with Crippen LogP contribution in [0.1, 0.15) is 28.4 Å². The number of hydroxylamine groups is 1. The Morgan fingerprint density at radius 2 is 1.60 bits per heavy atom. The number of sulfone groups is 1. The van der Waals surface area contributed by atoms with Gasteiger partial charge < -0.3 is 10.1 Å². The normalized spacial score (nSPS) is 17.4. The van der Waals surface area contributed by atoms with Crippen LogP contribution in [-0.4, -0.2) is 60.8 Å². The highest BCUT2D eigenvalue weighted by Crippen LogP contribution is 2.34. The van der Waals surface area contributed by atoms with Gasteiger partial charge >= 0.3 is 5.04 Å². The fraction of sp³-hybridized carbons (Fsp3) is 0.206. The highest BCUT2D eigenvalue weighted by molar-refractivity contribution is 8.07. The molecule has 3 aliphatic rings. The summed E-state index contributed by atoms with van der Waals surface area (Å²) in [6, 6.07) is 29.1. The number of benzene rings is 4. The SMILES string of the molecule is CC1=C2C(=O)c3ccccc3N=C2C(S(=O)(=O)Cc2cccc(N3CCN(Cc4cccc5ccccc45)CC3)c2)=[N+]1[O-]. The van der Waals surface area contributed by atoms with Crippen LogP contribution in [0.5, 0.6) is 0 Å². The van der Waals surface area contributed by atoms with Crippen LogP contribution in [0.3, 0.4) is 0 Å².